The second-order valence-electron chi connectivity index (χ2n) is 5.37. The second-order valence-corrected chi connectivity index (χ2v) is 5.74. The molecule has 1 rings (SSSR count). The average Bonchev–Trinajstić information content (AvgIpc) is 2.34. The number of amides is 1. The molecule has 1 amide bonds. The molecule has 0 bridgehead atoms. The van der Waals surface area contributed by atoms with Crippen LogP contribution >= 0.6 is 12.6 Å². The van der Waals surface area contributed by atoms with Gasteiger partial charge in [-0.3, -0.25) is 4.79 Å². The zero-order valence-corrected chi connectivity index (χ0v) is 12.2. The first-order valence-electron chi connectivity index (χ1n) is 6.01. The van der Waals surface area contributed by atoms with Gasteiger partial charge < -0.3 is 10.4 Å². The van der Waals surface area contributed by atoms with Crippen molar-refractivity contribution in [1.82, 2.24) is 5.32 Å². The fourth-order valence-electron chi connectivity index (χ4n) is 1.55. The van der Waals surface area contributed by atoms with Crippen LogP contribution in [-0.4, -0.2) is 28.8 Å². The molecule has 0 radical (unpaired) electrons. The SMILES string of the molecule is CC(C)(C)c1ccc(C(=O)N[C@H](CS)C(=O)O)cc1. The van der Waals surface area contributed by atoms with Gasteiger partial charge in [0.1, 0.15) is 6.04 Å². The van der Waals surface area contributed by atoms with E-state index < -0.39 is 17.9 Å². The molecule has 5 heteroatoms. The molecule has 0 heterocycles. The summed E-state index contributed by atoms with van der Waals surface area (Å²) in [5.74, 6) is -1.43. The molecule has 1 aromatic rings. The first-order chi connectivity index (χ1) is 8.75. The average molecular weight is 281 g/mol. The minimum atomic E-state index is -1.09. The van der Waals surface area contributed by atoms with Crippen molar-refractivity contribution in [2.24, 2.45) is 0 Å². The molecule has 0 saturated carbocycles. The number of thiol groups is 1. The van der Waals surface area contributed by atoms with Gasteiger partial charge in [0, 0.05) is 11.3 Å². The van der Waals surface area contributed by atoms with E-state index in [-0.39, 0.29) is 11.2 Å². The molecule has 104 valence electrons. The van der Waals surface area contributed by atoms with Crippen LogP contribution in [0.5, 0.6) is 0 Å². The lowest BCUT2D eigenvalue weighted by Crippen LogP contribution is -2.42. The Hall–Kier alpha value is -1.49. The van der Waals surface area contributed by atoms with Gasteiger partial charge in [0.25, 0.3) is 5.91 Å². The minimum Gasteiger partial charge on any atom is -0.480 e. The molecule has 0 aliphatic rings. The van der Waals surface area contributed by atoms with Crippen molar-refractivity contribution in [3.8, 4) is 0 Å². The zero-order chi connectivity index (χ0) is 14.6. The van der Waals surface area contributed by atoms with Crippen molar-refractivity contribution in [3.05, 3.63) is 35.4 Å². The van der Waals surface area contributed by atoms with Crippen LogP contribution in [-0.2, 0) is 10.2 Å². The van der Waals surface area contributed by atoms with Gasteiger partial charge in [-0.1, -0.05) is 32.9 Å². The van der Waals surface area contributed by atoms with Crippen molar-refractivity contribution < 1.29 is 14.7 Å². The van der Waals surface area contributed by atoms with Crippen molar-refractivity contribution >= 4 is 24.5 Å². The third kappa shape index (κ3) is 4.28. The summed E-state index contributed by atoms with van der Waals surface area (Å²) in [6.07, 6.45) is 0. The second kappa shape index (κ2) is 6.10. The predicted octanol–water partition coefficient (Wildman–Crippen LogP) is 2.10. The molecule has 0 saturated heterocycles. The van der Waals surface area contributed by atoms with Crippen LogP contribution < -0.4 is 5.32 Å². The van der Waals surface area contributed by atoms with Gasteiger partial charge in [0.15, 0.2) is 0 Å². The Labute approximate surface area is 118 Å². The standard InChI is InChI=1S/C14H19NO3S/c1-14(2,3)10-6-4-9(5-7-10)12(16)15-11(8-19)13(17)18/h4-7,11,19H,8H2,1-3H3,(H,15,16)(H,17,18)/t11-/m1/s1. The van der Waals surface area contributed by atoms with Crippen LogP contribution in [0.4, 0.5) is 0 Å². The number of carboxylic acid groups (broad SMARTS) is 1. The normalized spacial score (nSPS) is 12.8. The van der Waals surface area contributed by atoms with Gasteiger partial charge >= 0.3 is 5.97 Å². The molecule has 1 atom stereocenters. The number of carboxylic acids is 1. The van der Waals surface area contributed by atoms with E-state index in [9.17, 15) is 9.59 Å². The number of rotatable bonds is 4. The van der Waals surface area contributed by atoms with Crippen molar-refractivity contribution in [2.45, 2.75) is 32.2 Å². The smallest absolute Gasteiger partial charge is 0.327 e. The fourth-order valence-corrected chi connectivity index (χ4v) is 1.80. The van der Waals surface area contributed by atoms with Gasteiger partial charge in [-0.25, -0.2) is 4.79 Å². The highest BCUT2D eigenvalue weighted by Crippen LogP contribution is 2.22. The Morgan fingerprint density at radius 2 is 1.79 bits per heavy atom. The third-order valence-corrected chi connectivity index (χ3v) is 3.16. The van der Waals surface area contributed by atoms with Crippen LogP contribution in [0.25, 0.3) is 0 Å². The number of hydrogen-bond donors (Lipinski definition) is 3. The fraction of sp³-hybridized carbons (Fsp3) is 0.429. The first-order valence-corrected chi connectivity index (χ1v) is 6.64. The maximum Gasteiger partial charge on any atom is 0.327 e. The Kier molecular flexibility index (Phi) is 5.00. The Bertz CT molecular complexity index is 463. The van der Waals surface area contributed by atoms with Crippen molar-refractivity contribution in [3.63, 3.8) is 0 Å². The van der Waals surface area contributed by atoms with Crippen LogP contribution in [0, 0.1) is 0 Å². The molecule has 4 nitrogen and oxygen atoms in total. The summed E-state index contributed by atoms with van der Waals surface area (Å²) >= 11 is 3.90. The summed E-state index contributed by atoms with van der Waals surface area (Å²) in [7, 11) is 0. The number of benzene rings is 1. The number of hydrogen-bond acceptors (Lipinski definition) is 3. The number of carbonyl (C=O) groups excluding carboxylic acids is 1. The number of carbonyl (C=O) groups is 2. The van der Waals surface area contributed by atoms with E-state index in [0.717, 1.165) is 5.56 Å². The van der Waals surface area contributed by atoms with Gasteiger partial charge in [-0.05, 0) is 23.1 Å². The molecular formula is C14H19NO3S. The van der Waals surface area contributed by atoms with Crippen LogP contribution in [0.15, 0.2) is 24.3 Å². The van der Waals surface area contributed by atoms with Gasteiger partial charge in [0.05, 0.1) is 0 Å². The van der Waals surface area contributed by atoms with E-state index in [0.29, 0.717) is 5.56 Å². The largest absolute Gasteiger partial charge is 0.480 e. The molecule has 0 aromatic heterocycles. The van der Waals surface area contributed by atoms with E-state index in [1.165, 1.54) is 0 Å². The summed E-state index contributed by atoms with van der Waals surface area (Å²) in [5, 5.41) is 11.3. The molecule has 0 aliphatic heterocycles. The molecule has 19 heavy (non-hydrogen) atoms. The third-order valence-electron chi connectivity index (χ3n) is 2.80. The number of aliphatic carboxylic acids is 1. The highest BCUT2D eigenvalue weighted by Gasteiger charge is 2.19. The lowest BCUT2D eigenvalue weighted by Gasteiger charge is -2.19. The highest BCUT2D eigenvalue weighted by molar-refractivity contribution is 7.80. The van der Waals surface area contributed by atoms with Gasteiger partial charge in [0.2, 0.25) is 0 Å². The Balaban J connectivity index is 2.81. The monoisotopic (exact) mass is 281 g/mol. The number of nitrogens with one attached hydrogen (secondary N) is 1. The van der Waals surface area contributed by atoms with Crippen LogP contribution in [0.3, 0.4) is 0 Å². The highest BCUT2D eigenvalue weighted by atomic mass is 32.1. The molecule has 1 aromatic carbocycles. The van der Waals surface area contributed by atoms with Gasteiger partial charge in [-0.2, -0.15) is 12.6 Å². The Morgan fingerprint density at radius 1 is 1.26 bits per heavy atom. The maximum absolute atomic E-state index is 11.9. The summed E-state index contributed by atoms with van der Waals surface area (Å²) in [4.78, 5) is 22.7. The van der Waals surface area contributed by atoms with Crippen LogP contribution in [0.1, 0.15) is 36.7 Å². The van der Waals surface area contributed by atoms with Gasteiger partial charge in [-0.15, -0.1) is 0 Å². The molecule has 2 N–H and O–H groups in total. The lowest BCUT2D eigenvalue weighted by atomic mass is 9.86. The summed E-state index contributed by atoms with van der Waals surface area (Å²) in [5.41, 5.74) is 1.58. The molecular weight excluding hydrogens is 262 g/mol. The lowest BCUT2D eigenvalue weighted by molar-refractivity contribution is -0.138. The van der Waals surface area contributed by atoms with Crippen molar-refractivity contribution in [2.75, 3.05) is 5.75 Å². The first kappa shape index (κ1) is 15.6. The van der Waals surface area contributed by atoms with E-state index in [2.05, 4.69) is 38.7 Å². The summed E-state index contributed by atoms with van der Waals surface area (Å²) < 4.78 is 0. The molecule has 0 spiro atoms. The van der Waals surface area contributed by atoms with Crippen LogP contribution in [0.2, 0.25) is 0 Å². The zero-order valence-electron chi connectivity index (χ0n) is 11.3. The predicted molar refractivity (Wildman–Crippen MR) is 77.9 cm³/mol. The topological polar surface area (TPSA) is 66.4 Å². The maximum atomic E-state index is 11.9. The van der Waals surface area contributed by atoms with E-state index in [4.69, 9.17) is 5.11 Å². The molecule has 0 unspecified atom stereocenters. The molecule has 0 fully saturated rings. The van der Waals surface area contributed by atoms with E-state index in [1.54, 1.807) is 12.1 Å². The molecule has 0 aliphatic carbocycles. The Morgan fingerprint density at radius 3 is 2.16 bits per heavy atom. The quantitative estimate of drug-likeness (QED) is 0.740. The van der Waals surface area contributed by atoms with Crippen molar-refractivity contribution in [1.29, 1.82) is 0 Å². The summed E-state index contributed by atoms with van der Waals surface area (Å²) in [6.45, 7) is 6.26. The van der Waals surface area contributed by atoms with E-state index >= 15 is 0 Å². The summed E-state index contributed by atoms with van der Waals surface area (Å²) in [6, 6.07) is 6.19. The minimum absolute atomic E-state index is 0.0176. The van der Waals surface area contributed by atoms with E-state index in [1.807, 2.05) is 12.1 Å².